The van der Waals surface area contributed by atoms with Gasteiger partial charge in [-0.3, -0.25) is 19.2 Å². The first kappa shape index (κ1) is 55.6. The van der Waals surface area contributed by atoms with Gasteiger partial charge in [-0.15, -0.1) is 5.10 Å². The second-order valence-corrected chi connectivity index (χ2v) is 20.1. The topological polar surface area (TPSA) is 265 Å². The van der Waals surface area contributed by atoms with Crippen molar-refractivity contribution >= 4 is 51.5 Å². The van der Waals surface area contributed by atoms with Crippen LogP contribution in [0.5, 0.6) is 5.75 Å². The van der Waals surface area contributed by atoms with Crippen LogP contribution in [0, 0.1) is 12.3 Å². The van der Waals surface area contributed by atoms with E-state index >= 15 is 0 Å². The molecule has 2 aromatic heterocycles. The highest BCUT2D eigenvalue weighted by atomic mass is 16.5. The molecule has 0 bridgehead atoms. The number of nitrogens with zero attached hydrogens (tertiary/aromatic N) is 5. The summed E-state index contributed by atoms with van der Waals surface area (Å²) in [5.74, 6) is -0.658. The molecule has 1 aliphatic heterocycles. The number of aromatic nitrogens is 3. The van der Waals surface area contributed by atoms with E-state index in [4.69, 9.17) is 23.0 Å². The van der Waals surface area contributed by atoms with Gasteiger partial charge in [-0.2, -0.15) is 0 Å². The Morgan fingerprint density at radius 1 is 0.795 bits per heavy atom. The number of amides is 2. The van der Waals surface area contributed by atoms with Gasteiger partial charge in [-0.05, 0) is 78.6 Å². The lowest BCUT2D eigenvalue weighted by Crippen LogP contribution is -2.39. The van der Waals surface area contributed by atoms with Gasteiger partial charge in [-0.1, -0.05) is 32.1 Å². The van der Waals surface area contributed by atoms with Crippen LogP contribution >= 0.6 is 0 Å². The Labute approximate surface area is 449 Å². The SMILES string of the molecule is Cc1ccc([C@H](Nc2c(Nc3cccc(C(=O)NCc4cn(CCOCCOCCOCCNC(=O)c5ccc(C(=O)O)c(-c6c7ccc(=[N+](C)C)cc-7oc7cc(N(C)C)ccc67)c5)nn4)c3O)c(=O)c2=O)C(C)(C)C)o1. The maximum atomic E-state index is 13.4. The summed E-state index contributed by atoms with van der Waals surface area (Å²) in [6, 6.07) is 23.7. The third-order valence-corrected chi connectivity index (χ3v) is 12.9. The summed E-state index contributed by atoms with van der Waals surface area (Å²) in [5.41, 5.74) is 2.15. The van der Waals surface area contributed by atoms with Crippen molar-refractivity contribution in [3.8, 4) is 28.2 Å². The lowest BCUT2D eigenvalue weighted by molar-refractivity contribution is 0.0133. The van der Waals surface area contributed by atoms with Gasteiger partial charge >= 0.3 is 5.97 Å². The summed E-state index contributed by atoms with van der Waals surface area (Å²) in [5, 5.41) is 42.8. The van der Waals surface area contributed by atoms with E-state index in [1.807, 2.05) is 114 Å². The van der Waals surface area contributed by atoms with E-state index in [9.17, 15) is 34.2 Å². The Balaban J connectivity index is 0.741. The van der Waals surface area contributed by atoms with Crippen LogP contribution in [0.3, 0.4) is 0 Å². The number of para-hydroxylation sites is 1. The minimum absolute atomic E-state index is 0.00748. The standard InChI is InChI=1S/C57H63N9O12/c1-33-12-19-44(77-33)53(57(2,3)4)61-49-48(51(68)52(49)69)60-43-11-9-10-41(50(43)67)55(71)59-31-35-32-66(63-62-35)21-23-75-25-27-76-26-24-74-22-20-58-54(70)34-13-16-38(56(72)73)42(28-34)47-39-17-14-36(64(5)6)29-45(39)78-46-30-37(65(7)8)15-18-40(46)47/h9-19,28-30,32,53H,20-27,31H2,1-8H3,(H5-,58,59,60,61,62,63,67,68,69,70,71,72,73)/p+1/t53-/m0/s1. The number of hydrogen-bond donors (Lipinski definition) is 6. The van der Waals surface area contributed by atoms with Crippen LogP contribution in [0.1, 0.15) is 75.1 Å². The molecule has 2 amide bonds. The smallest absolute Gasteiger partial charge is 0.336 e. The zero-order chi connectivity index (χ0) is 55.8. The van der Waals surface area contributed by atoms with E-state index in [2.05, 4.69) is 31.6 Å². The molecular weight excluding hydrogens is 1000 g/mol. The molecule has 0 radical (unpaired) electrons. The van der Waals surface area contributed by atoms with E-state index in [-0.39, 0.29) is 66.0 Å². The molecule has 0 spiro atoms. The molecule has 1 atom stereocenters. The summed E-state index contributed by atoms with van der Waals surface area (Å²) in [6.45, 7) is 10.1. The predicted molar refractivity (Wildman–Crippen MR) is 295 cm³/mol. The molecule has 0 fully saturated rings. The van der Waals surface area contributed by atoms with Crippen molar-refractivity contribution in [3.63, 3.8) is 0 Å². The number of aromatic carboxylic acids is 1. The molecule has 21 heteroatoms. The molecule has 8 rings (SSSR count). The average molecular weight is 1070 g/mol. The average Bonchev–Trinajstić information content (AvgIpc) is 4.15. The number of benzene rings is 4. The first-order valence-electron chi connectivity index (χ1n) is 25.3. The number of carbonyl (C=O) groups excluding carboxylic acids is 2. The molecule has 1 aliphatic carbocycles. The van der Waals surface area contributed by atoms with Gasteiger partial charge in [-0.25, -0.2) is 14.1 Å². The van der Waals surface area contributed by atoms with Crippen molar-refractivity contribution in [1.82, 2.24) is 30.2 Å². The normalized spacial score (nSPS) is 12.0. The van der Waals surface area contributed by atoms with Crippen molar-refractivity contribution < 1.29 is 47.6 Å². The number of aromatic hydroxyl groups is 1. The number of fused-ring (bicyclic) bond motifs is 2. The number of furan rings is 1. The number of anilines is 4. The molecule has 3 heterocycles. The van der Waals surface area contributed by atoms with Crippen LogP contribution in [0.2, 0.25) is 0 Å². The Bertz CT molecular complexity index is 3590. The third kappa shape index (κ3) is 12.8. The Morgan fingerprint density at radius 2 is 1.53 bits per heavy atom. The largest absolute Gasteiger partial charge is 0.505 e. The number of aryl methyl sites for hydroxylation is 1. The molecule has 408 valence electrons. The van der Waals surface area contributed by atoms with Crippen molar-refractivity contribution in [2.24, 2.45) is 5.41 Å². The molecule has 0 unspecified atom stereocenters. The van der Waals surface area contributed by atoms with Crippen LogP contribution < -0.4 is 47.0 Å². The van der Waals surface area contributed by atoms with E-state index < -0.39 is 39.9 Å². The van der Waals surface area contributed by atoms with E-state index in [0.717, 1.165) is 11.0 Å². The van der Waals surface area contributed by atoms with Crippen LogP contribution in [0.15, 0.2) is 110 Å². The molecule has 0 saturated heterocycles. The number of phenols is 1. The van der Waals surface area contributed by atoms with Crippen molar-refractivity contribution in [2.45, 2.75) is 46.8 Å². The fraction of sp³-hybridized carbons (Fsp3) is 0.333. The van der Waals surface area contributed by atoms with Gasteiger partial charge in [0.1, 0.15) is 54.0 Å². The Hall–Kier alpha value is -8.66. The van der Waals surface area contributed by atoms with Crippen LogP contribution in [0.25, 0.3) is 33.4 Å². The van der Waals surface area contributed by atoms with E-state index in [1.54, 1.807) is 16.9 Å². The summed E-state index contributed by atoms with van der Waals surface area (Å²) < 4.78 is 32.8. The summed E-state index contributed by atoms with van der Waals surface area (Å²) in [6.07, 6.45) is 1.66. The highest BCUT2D eigenvalue weighted by Gasteiger charge is 2.33. The number of carbonyl (C=O) groups is 3. The van der Waals surface area contributed by atoms with Gasteiger partial charge < -0.3 is 59.4 Å². The maximum Gasteiger partial charge on any atom is 0.336 e. The third-order valence-electron chi connectivity index (χ3n) is 12.9. The number of phenolic OH excluding ortho intramolecular Hbond substituents is 1. The van der Waals surface area contributed by atoms with Gasteiger partial charge in [0.2, 0.25) is 5.36 Å². The molecule has 4 aromatic carbocycles. The number of rotatable bonds is 24. The zero-order valence-corrected chi connectivity index (χ0v) is 44.8. The second kappa shape index (κ2) is 24.1. The maximum absolute atomic E-state index is 13.4. The van der Waals surface area contributed by atoms with Gasteiger partial charge in [0.15, 0.2) is 5.75 Å². The zero-order valence-electron chi connectivity index (χ0n) is 44.8. The minimum Gasteiger partial charge on any atom is -0.505 e. The summed E-state index contributed by atoms with van der Waals surface area (Å²) in [4.78, 5) is 66.7. The first-order chi connectivity index (χ1) is 37.3. The molecule has 0 saturated carbocycles. The Kier molecular flexibility index (Phi) is 17.2. The number of carboxylic acids is 1. The lowest BCUT2D eigenvalue weighted by atomic mass is 9.85. The number of nitrogens with one attached hydrogen (secondary N) is 4. The van der Waals surface area contributed by atoms with Gasteiger partial charge in [0.05, 0.1) is 87.9 Å². The van der Waals surface area contributed by atoms with Crippen LogP contribution in [-0.2, 0) is 27.3 Å². The molecule has 78 heavy (non-hydrogen) atoms. The van der Waals surface area contributed by atoms with E-state index in [0.29, 0.717) is 83.6 Å². The highest BCUT2D eigenvalue weighted by Crippen LogP contribution is 2.43. The van der Waals surface area contributed by atoms with E-state index in [1.165, 1.54) is 30.3 Å². The number of ether oxygens (including phenoxy) is 3. The first-order valence-corrected chi connectivity index (χ1v) is 25.3. The fourth-order valence-corrected chi connectivity index (χ4v) is 8.70. The summed E-state index contributed by atoms with van der Waals surface area (Å²) >= 11 is 0. The van der Waals surface area contributed by atoms with Gasteiger partial charge in [0, 0.05) is 60.5 Å². The highest BCUT2D eigenvalue weighted by molar-refractivity contribution is 6.09. The van der Waals surface area contributed by atoms with Crippen LogP contribution in [-0.4, -0.2) is 117 Å². The number of carboxylic acid groups (broad SMARTS) is 1. The van der Waals surface area contributed by atoms with Crippen LogP contribution in [0.4, 0.5) is 22.7 Å². The molecular formula is C57H64N9O12+. The minimum atomic E-state index is -1.13. The lowest BCUT2D eigenvalue weighted by Gasteiger charge is -2.31. The molecule has 2 aliphatic rings. The Morgan fingerprint density at radius 3 is 2.22 bits per heavy atom. The summed E-state index contributed by atoms with van der Waals surface area (Å²) in [7, 11) is 7.72. The van der Waals surface area contributed by atoms with Crippen molar-refractivity contribution in [2.75, 3.05) is 89.9 Å². The van der Waals surface area contributed by atoms with Crippen molar-refractivity contribution in [3.05, 3.63) is 151 Å². The van der Waals surface area contributed by atoms with Gasteiger partial charge in [0.25, 0.3) is 22.7 Å². The molecule has 6 aromatic rings. The molecule has 6 N–H and O–H groups in total. The number of hydrogen-bond acceptors (Lipinski definition) is 16. The predicted octanol–water partition coefficient (Wildman–Crippen LogP) is 6.15. The quantitative estimate of drug-likeness (QED) is 0.0130. The van der Waals surface area contributed by atoms with Crippen molar-refractivity contribution in [1.29, 1.82) is 0 Å². The monoisotopic (exact) mass is 1070 g/mol. The molecule has 21 nitrogen and oxygen atoms in total. The fourth-order valence-electron chi connectivity index (χ4n) is 8.70. The second-order valence-electron chi connectivity index (χ2n) is 20.1.